The van der Waals surface area contributed by atoms with Crippen molar-refractivity contribution < 1.29 is 28.9 Å². The summed E-state index contributed by atoms with van der Waals surface area (Å²) in [5.74, 6) is 0.428. The fourth-order valence-electron chi connectivity index (χ4n) is 6.63. The fourth-order valence-corrected chi connectivity index (χ4v) is 7.66. The Balaban J connectivity index is 0.000000223. The van der Waals surface area contributed by atoms with Crippen LogP contribution in [-0.4, -0.2) is 32.6 Å². The van der Waals surface area contributed by atoms with Crippen LogP contribution in [0.4, 0.5) is 4.39 Å². The summed E-state index contributed by atoms with van der Waals surface area (Å²) in [5, 5.41) is 3.17. The average molecular weight is 902 g/mol. The molecular weight excluding hydrogens is 866 g/mol. The van der Waals surface area contributed by atoms with Crippen LogP contribution in [0.3, 0.4) is 0 Å². The molecule has 0 spiro atoms. The SMILES string of the molecule is C[Si](C)(C)c1ccc(-c2[c-]cccc2)nc1.Cc1cc(-n2c(-c3[c-]cc(-c4ccc(F)cc4)c4c3oc3ncccc34)nc3ccccc32)cc(C)n1.[Ir]. The summed E-state index contributed by atoms with van der Waals surface area (Å²) in [7, 11) is -1.23. The number of hydrogen-bond donors (Lipinski definition) is 0. The first-order valence-electron chi connectivity index (χ1n) is 17.5. The van der Waals surface area contributed by atoms with Gasteiger partial charge in [0.2, 0.25) is 5.71 Å². The van der Waals surface area contributed by atoms with Crippen LogP contribution in [0, 0.1) is 31.8 Å². The Bertz CT molecular complexity index is 2720. The zero-order valence-electron chi connectivity index (χ0n) is 30.5. The van der Waals surface area contributed by atoms with Gasteiger partial charge in [0.15, 0.2) is 0 Å². The van der Waals surface area contributed by atoms with E-state index < -0.39 is 8.07 Å². The molecule has 1 radical (unpaired) electrons. The molecule has 6 nitrogen and oxygen atoms in total. The molecule has 9 heteroatoms. The Kier molecular flexibility index (Phi) is 10.2. The minimum Gasteiger partial charge on any atom is -0.486 e. The molecule has 5 aromatic heterocycles. The van der Waals surface area contributed by atoms with E-state index >= 15 is 0 Å². The number of para-hydroxylation sites is 2. The van der Waals surface area contributed by atoms with Gasteiger partial charge in [-0.2, -0.15) is 0 Å². The molecule has 0 unspecified atom stereocenters. The molecule has 5 heterocycles. The third-order valence-corrected chi connectivity index (χ3v) is 11.2. The van der Waals surface area contributed by atoms with Crippen LogP contribution in [0.1, 0.15) is 11.4 Å². The summed E-state index contributed by atoms with van der Waals surface area (Å²) in [6.07, 6.45) is 3.73. The van der Waals surface area contributed by atoms with E-state index in [1.54, 1.807) is 18.3 Å². The Morgan fingerprint density at radius 1 is 0.778 bits per heavy atom. The molecule has 4 aromatic carbocycles. The Morgan fingerprint density at radius 3 is 2.24 bits per heavy atom. The van der Waals surface area contributed by atoms with E-state index in [0.717, 1.165) is 66.8 Å². The van der Waals surface area contributed by atoms with Crippen molar-refractivity contribution in [3.05, 3.63) is 157 Å². The van der Waals surface area contributed by atoms with E-state index in [1.807, 2.05) is 80.7 Å². The van der Waals surface area contributed by atoms with Gasteiger partial charge in [-0.1, -0.05) is 72.7 Å². The average Bonchev–Trinajstić information content (AvgIpc) is 3.74. The molecule has 0 N–H and O–H groups in total. The largest absolute Gasteiger partial charge is 0.486 e. The molecule has 0 atom stereocenters. The van der Waals surface area contributed by atoms with Crippen molar-refractivity contribution in [1.29, 1.82) is 0 Å². The number of benzene rings is 4. The van der Waals surface area contributed by atoms with Crippen LogP contribution in [0.5, 0.6) is 0 Å². The maximum Gasteiger partial charge on any atom is 0.216 e. The molecule has 0 fully saturated rings. The second-order valence-electron chi connectivity index (χ2n) is 14.1. The van der Waals surface area contributed by atoms with Crippen molar-refractivity contribution in [2.45, 2.75) is 33.5 Å². The van der Waals surface area contributed by atoms with Crippen LogP contribution in [0.15, 0.2) is 132 Å². The predicted octanol–water partition coefficient (Wildman–Crippen LogP) is 10.7. The molecule has 0 saturated carbocycles. The maximum atomic E-state index is 13.7. The van der Waals surface area contributed by atoms with E-state index in [9.17, 15) is 4.39 Å². The minimum atomic E-state index is -1.23. The van der Waals surface area contributed by atoms with Gasteiger partial charge in [-0.05, 0) is 78.6 Å². The number of rotatable bonds is 5. The third kappa shape index (κ3) is 7.18. The van der Waals surface area contributed by atoms with Crippen molar-refractivity contribution in [3.8, 4) is 39.5 Å². The zero-order valence-corrected chi connectivity index (χ0v) is 33.9. The van der Waals surface area contributed by atoms with E-state index in [-0.39, 0.29) is 25.9 Å². The first-order valence-corrected chi connectivity index (χ1v) is 21.0. The number of furan rings is 1. The molecule has 0 saturated heterocycles. The molecule has 0 amide bonds. The molecule has 0 aliphatic rings. The quantitative estimate of drug-likeness (QED) is 0.127. The number of hydrogen-bond acceptors (Lipinski definition) is 5. The van der Waals surface area contributed by atoms with Gasteiger partial charge in [0.25, 0.3) is 0 Å². The first kappa shape index (κ1) is 36.7. The fraction of sp³-hybridized carbons (Fsp3) is 0.111. The zero-order chi connectivity index (χ0) is 36.7. The van der Waals surface area contributed by atoms with Crippen molar-refractivity contribution in [2.75, 3.05) is 0 Å². The van der Waals surface area contributed by atoms with E-state index in [4.69, 9.17) is 9.40 Å². The van der Waals surface area contributed by atoms with Gasteiger partial charge < -0.3 is 14.0 Å². The number of aryl methyl sites for hydroxylation is 2. The summed E-state index contributed by atoms with van der Waals surface area (Å²) in [5.41, 5.74) is 10.4. The van der Waals surface area contributed by atoms with Crippen molar-refractivity contribution in [3.63, 3.8) is 0 Å². The van der Waals surface area contributed by atoms with E-state index in [2.05, 4.69) is 81.6 Å². The van der Waals surface area contributed by atoms with Crippen molar-refractivity contribution >= 4 is 46.4 Å². The monoisotopic (exact) mass is 902 g/mol. The molecule has 0 aliphatic carbocycles. The number of halogens is 1. The van der Waals surface area contributed by atoms with Gasteiger partial charge in [-0.15, -0.1) is 48.0 Å². The molecule has 9 rings (SSSR count). The molecule has 269 valence electrons. The summed E-state index contributed by atoms with van der Waals surface area (Å²) in [6, 6.07) is 43.3. The Morgan fingerprint density at radius 2 is 1.54 bits per heavy atom. The minimum absolute atomic E-state index is 0. The number of nitrogens with zero attached hydrogens (tertiary/aromatic N) is 5. The van der Waals surface area contributed by atoms with Gasteiger partial charge >= 0.3 is 0 Å². The maximum absolute atomic E-state index is 13.7. The number of fused-ring (bicyclic) bond motifs is 4. The van der Waals surface area contributed by atoms with Crippen LogP contribution >= 0.6 is 0 Å². The summed E-state index contributed by atoms with van der Waals surface area (Å²) >= 11 is 0. The molecule has 0 bridgehead atoms. The third-order valence-electron chi connectivity index (χ3n) is 9.20. The van der Waals surface area contributed by atoms with Crippen LogP contribution in [-0.2, 0) is 20.1 Å². The first-order chi connectivity index (χ1) is 25.6. The second kappa shape index (κ2) is 15.0. The van der Waals surface area contributed by atoms with Gasteiger partial charge in [-0.25, -0.2) is 9.37 Å². The van der Waals surface area contributed by atoms with E-state index in [1.165, 1.54) is 17.3 Å². The topological polar surface area (TPSA) is 69.6 Å². The normalized spacial score (nSPS) is 11.4. The summed E-state index contributed by atoms with van der Waals surface area (Å²) in [4.78, 5) is 18.6. The second-order valence-corrected chi connectivity index (χ2v) is 19.1. The number of pyridine rings is 3. The van der Waals surface area contributed by atoms with Gasteiger partial charge in [0, 0.05) is 55.0 Å². The summed E-state index contributed by atoms with van der Waals surface area (Å²) in [6.45, 7) is 11.0. The number of aromatic nitrogens is 5. The standard InChI is InChI=1S/C31H20FN4O.C14H16NSi.Ir/c1-18-16-22(17-19(2)34-18)36-27-8-4-3-7-26(27)35-30(36)25-14-13-23(20-9-11-21(32)12-10-20)28-24-6-5-15-33-31(24)37-29(25)28;1-16(2,3)13-9-10-14(15-11-13)12-7-5-4-6-8-12;/h3-13,15-17H,1-2H3;4-7,9-11H,1-3H3;/q2*-1;. The molecule has 0 aliphatic heterocycles. The smallest absolute Gasteiger partial charge is 0.216 e. The molecular formula is C45H36FIrN5OSi-2. The van der Waals surface area contributed by atoms with Crippen LogP contribution in [0.25, 0.3) is 72.6 Å². The van der Waals surface area contributed by atoms with Gasteiger partial charge in [-0.3, -0.25) is 9.97 Å². The van der Waals surface area contributed by atoms with Gasteiger partial charge in [0.1, 0.15) is 5.82 Å². The van der Waals surface area contributed by atoms with Crippen molar-refractivity contribution in [1.82, 2.24) is 24.5 Å². The predicted molar refractivity (Wildman–Crippen MR) is 215 cm³/mol. The van der Waals surface area contributed by atoms with Crippen molar-refractivity contribution in [2.24, 2.45) is 0 Å². The Labute approximate surface area is 328 Å². The molecule has 54 heavy (non-hydrogen) atoms. The van der Waals surface area contributed by atoms with Crippen LogP contribution < -0.4 is 5.19 Å². The van der Waals surface area contributed by atoms with Gasteiger partial charge in [0.05, 0.1) is 30.5 Å². The molecule has 9 aromatic rings. The van der Waals surface area contributed by atoms with Crippen LogP contribution in [0.2, 0.25) is 19.6 Å². The number of imidazole rings is 1. The van der Waals surface area contributed by atoms with E-state index in [0.29, 0.717) is 17.1 Å². The Hall–Kier alpha value is -5.60. The summed E-state index contributed by atoms with van der Waals surface area (Å²) < 4.78 is 22.2.